The molecule has 0 fully saturated rings. The van der Waals surface area contributed by atoms with Crippen molar-refractivity contribution < 1.29 is 9.59 Å². The topological polar surface area (TPSA) is 96.0 Å². The fraction of sp³-hybridized carbons (Fsp3) is 0.412. The lowest BCUT2D eigenvalue weighted by Gasteiger charge is -2.26. The van der Waals surface area contributed by atoms with Gasteiger partial charge in [-0.2, -0.15) is 0 Å². The molecule has 0 radical (unpaired) electrons. The van der Waals surface area contributed by atoms with Crippen LogP contribution in [0.25, 0.3) is 0 Å². The highest BCUT2D eigenvalue weighted by Crippen LogP contribution is 2.32. The average Bonchev–Trinajstić information content (AvgIpc) is 3.04. The molecule has 1 atom stereocenters. The van der Waals surface area contributed by atoms with Gasteiger partial charge < -0.3 is 10.6 Å². The van der Waals surface area contributed by atoms with Gasteiger partial charge in [-0.25, -0.2) is 4.79 Å². The van der Waals surface area contributed by atoms with Crippen molar-refractivity contribution in [2.75, 3.05) is 10.6 Å². The van der Waals surface area contributed by atoms with Crippen LogP contribution in [0.3, 0.4) is 0 Å². The number of anilines is 2. The van der Waals surface area contributed by atoms with Crippen LogP contribution in [0.2, 0.25) is 0 Å². The molecular weight excluding hydrogens is 338 g/mol. The van der Waals surface area contributed by atoms with Gasteiger partial charge in [0.2, 0.25) is 11.0 Å². The zero-order chi connectivity index (χ0) is 18.0. The predicted octanol–water partition coefficient (Wildman–Crippen LogP) is 3.43. The lowest BCUT2D eigenvalue weighted by atomic mass is 9.91. The number of nitrogens with one attached hydrogen (secondary N) is 3. The Balaban J connectivity index is 1.68. The van der Waals surface area contributed by atoms with E-state index in [4.69, 9.17) is 0 Å². The van der Waals surface area contributed by atoms with E-state index < -0.39 is 6.03 Å². The summed E-state index contributed by atoms with van der Waals surface area (Å²) in [5, 5.41) is 17.9. The highest BCUT2D eigenvalue weighted by Gasteiger charge is 2.27. The predicted molar refractivity (Wildman–Crippen MR) is 97.8 cm³/mol. The van der Waals surface area contributed by atoms with Crippen molar-refractivity contribution in [1.29, 1.82) is 0 Å². The van der Waals surface area contributed by atoms with Crippen molar-refractivity contribution in [1.82, 2.24) is 15.5 Å². The summed E-state index contributed by atoms with van der Waals surface area (Å²) in [6, 6.07) is 6.68. The van der Waals surface area contributed by atoms with E-state index in [1.165, 1.54) is 11.3 Å². The third-order valence-corrected chi connectivity index (χ3v) is 5.62. The Morgan fingerprint density at radius 2 is 2.12 bits per heavy atom. The summed E-state index contributed by atoms with van der Waals surface area (Å²) in [5.41, 5.74) is 1.54. The standard InChI is InChI=1S/C17H21N5O2S/c1-4-17(2,3)14-21-22-16(25-14)20-15(24)19-12-9-13(23)18-11-8-6-5-7-10(11)12/h5-8,12H,4,9H2,1-3H3,(H,18,23)(H2,19,20,22,24)/t12-/m0/s1. The maximum absolute atomic E-state index is 12.3. The minimum absolute atomic E-state index is 0.0749. The van der Waals surface area contributed by atoms with Crippen molar-refractivity contribution in [2.24, 2.45) is 0 Å². The molecule has 3 rings (SSSR count). The summed E-state index contributed by atoms with van der Waals surface area (Å²) in [4.78, 5) is 24.1. The van der Waals surface area contributed by atoms with Crippen LogP contribution in [0, 0.1) is 0 Å². The van der Waals surface area contributed by atoms with Crippen molar-refractivity contribution in [3.63, 3.8) is 0 Å². The molecule has 132 valence electrons. The molecule has 7 nitrogen and oxygen atoms in total. The van der Waals surface area contributed by atoms with Gasteiger partial charge in [0.25, 0.3) is 0 Å². The number of rotatable bonds is 4. The van der Waals surface area contributed by atoms with Gasteiger partial charge in [-0.1, -0.05) is 50.3 Å². The SMILES string of the molecule is CCC(C)(C)c1nnc(NC(=O)N[C@H]2CC(=O)Nc3ccccc32)s1. The minimum Gasteiger partial charge on any atom is -0.330 e. The van der Waals surface area contributed by atoms with Crippen LogP contribution in [0.1, 0.15) is 50.2 Å². The molecule has 2 aromatic rings. The van der Waals surface area contributed by atoms with Gasteiger partial charge in [-0.05, 0) is 18.1 Å². The van der Waals surface area contributed by atoms with Gasteiger partial charge in [0.15, 0.2) is 0 Å². The molecule has 2 heterocycles. The zero-order valence-corrected chi connectivity index (χ0v) is 15.2. The van der Waals surface area contributed by atoms with Gasteiger partial charge in [0.1, 0.15) is 5.01 Å². The second-order valence-electron chi connectivity index (χ2n) is 6.64. The Morgan fingerprint density at radius 1 is 1.36 bits per heavy atom. The molecule has 1 aromatic carbocycles. The first kappa shape index (κ1) is 17.3. The Bertz CT molecular complexity index is 802. The normalized spacial score (nSPS) is 16.8. The molecule has 25 heavy (non-hydrogen) atoms. The molecule has 0 bridgehead atoms. The smallest absolute Gasteiger partial charge is 0.321 e. The number of aromatic nitrogens is 2. The number of carbonyl (C=O) groups is 2. The molecular formula is C17H21N5O2S. The molecule has 1 aliphatic rings. The summed E-state index contributed by atoms with van der Waals surface area (Å²) >= 11 is 1.37. The van der Waals surface area contributed by atoms with Gasteiger partial charge in [0, 0.05) is 11.1 Å². The molecule has 3 N–H and O–H groups in total. The summed E-state index contributed by atoms with van der Waals surface area (Å²) in [5.74, 6) is -0.119. The number of nitrogens with zero attached hydrogens (tertiary/aromatic N) is 2. The summed E-state index contributed by atoms with van der Waals surface area (Å²) in [6.07, 6.45) is 1.14. The van der Waals surface area contributed by atoms with Crippen LogP contribution >= 0.6 is 11.3 Å². The Kier molecular flexibility index (Phi) is 4.71. The van der Waals surface area contributed by atoms with Crippen molar-refractivity contribution in [3.8, 4) is 0 Å². The summed E-state index contributed by atoms with van der Waals surface area (Å²) < 4.78 is 0. The Hall–Kier alpha value is -2.48. The van der Waals surface area contributed by atoms with Gasteiger partial charge in [-0.3, -0.25) is 10.1 Å². The van der Waals surface area contributed by atoms with E-state index in [1.54, 1.807) is 0 Å². The summed E-state index contributed by atoms with van der Waals surface area (Å²) in [7, 11) is 0. The molecule has 0 saturated carbocycles. The molecule has 8 heteroatoms. The third kappa shape index (κ3) is 3.79. The average molecular weight is 359 g/mol. The largest absolute Gasteiger partial charge is 0.330 e. The van der Waals surface area contributed by atoms with Gasteiger partial charge in [0.05, 0.1) is 12.5 Å². The van der Waals surface area contributed by atoms with Crippen LogP contribution in [0.4, 0.5) is 15.6 Å². The van der Waals surface area contributed by atoms with Crippen molar-refractivity contribution in [2.45, 2.75) is 45.1 Å². The number of benzene rings is 1. The van der Waals surface area contributed by atoms with E-state index in [-0.39, 0.29) is 23.8 Å². The van der Waals surface area contributed by atoms with E-state index in [0.29, 0.717) is 5.13 Å². The van der Waals surface area contributed by atoms with Crippen molar-refractivity contribution >= 4 is 34.1 Å². The first-order valence-corrected chi connectivity index (χ1v) is 9.01. The molecule has 0 spiro atoms. The number of urea groups is 1. The van der Waals surface area contributed by atoms with E-state index >= 15 is 0 Å². The monoisotopic (exact) mass is 359 g/mol. The quantitative estimate of drug-likeness (QED) is 0.779. The number of hydrogen-bond donors (Lipinski definition) is 3. The summed E-state index contributed by atoms with van der Waals surface area (Å²) in [6.45, 7) is 6.27. The number of amides is 3. The van der Waals surface area contributed by atoms with Crippen LogP contribution in [0.15, 0.2) is 24.3 Å². The fourth-order valence-corrected chi connectivity index (χ4v) is 3.44. The van der Waals surface area contributed by atoms with E-state index in [1.807, 2.05) is 24.3 Å². The number of fused-ring (bicyclic) bond motifs is 1. The maximum Gasteiger partial charge on any atom is 0.321 e. The maximum atomic E-state index is 12.3. The first-order valence-electron chi connectivity index (χ1n) is 8.19. The molecule has 0 saturated heterocycles. The number of carbonyl (C=O) groups excluding carboxylic acids is 2. The second kappa shape index (κ2) is 6.79. The Morgan fingerprint density at radius 3 is 2.88 bits per heavy atom. The van der Waals surface area contributed by atoms with E-state index in [2.05, 4.69) is 46.9 Å². The van der Waals surface area contributed by atoms with Crippen LogP contribution in [-0.4, -0.2) is 22.1 Å². The molecule has 0 unspecified atom stereocenters. The minimum atomic E-state index is -0.397. The fourth-order valence-electron chi connectivity index (χ4n) is 2.53. The van der Waals surface area contributed by atoms with Gasteiger partial charge >= 0.3 is 6.03 Å². The lowest BCUT2D eigenvalue weighted by molar-refractivity contribution is -0.116. The molecule has 1 aromatic heterocycles. The van der Waals surface area contributed by atoms with Crippen LogP contribution in [-0.2, 0) is 10.2 Å². The van der Waals surface area contributed by atoms with E-state index in [0.717, 1.165) is 22.7 Å². The van der Waals surface area contributed by atoms with Crippen LogP contribution in [0.5, 0.6) is 0 Å². The molecule has 3 amide bonds. The zero-order valence-electron chi connectivity index (χ0n) is 14.4. The molecule has 0 aliphatic carbocycles. The van der Waals surface area contributed by atoms with Crippen molar-refractivity contribution in [3.05, 3.63) is 34.8 Å². The highest BCUT2D eigenvalue weighted by atomic mass is 32.1. The van der Waals surface area contributed by atoms with E-state index in [9.17, 15) is 9.59 Å². The lowest BCUT2D eigenvalue weighted by Crippen LogP contribution is -2.37. The second-order valence-corrected chi connectivity index (χ2v) is 7.62. The van der Waals surface area contributed by atoms with Gasteiger partial charge in [-0.15, -0.1) is 10.2 Å². The molecule has 1 aliphatic heterocycles. The van der Waals surface area contributed by atoms with Crippen LogP contribution < -0.4 is 16.0 Å². The Labute approximate surface area is 150 Å². The highest BCUT2D eigenvalue weighted by molar-refractivity contribution is 7.15. The number of hydrogen-bond acceptors (Lipinski definition) is 5. The third-order valence-electron chi connectivity index (χ3n) is 4.41. The first-order chi connectivity index (χ1) is 11.9. The number of para-hydroxylation sites is 1.